The van der Waals surface area contributed by atoms with E-state index in [1.165, 1.54) is 28.6 Å². The maximum absolute atomic E-state index is 12.8. The fraction of sp³-hybridized carbons (Fsp3) is 0.350. The summed E-state index contributed by atoms with van der Waals surface area (Å²) in [6, 6.07) is 13.3. The van der Waals surface area contributed by atoms with E-state index in [4.69, 9.17) is 11.6 Å². The van der Waals surface area contributed by atoms with Gasteiger partial charge >= 0.3 is 0 Å². The van der Waals surface area contributed by atoms with Crippen LogP contribution in [0.15, 0.2) is 53.4 Å². The van der Waals surface area contributed by atoms with Crippen LogP contribution in [0.1, 0.15) is 42.6 Å². The molecule has 0 heterocycles. The minimum absolute atomic E-state index is 0.201. The van der Waals surface area contributed by atoms with Gasteiger partial charge < -0.3 is 5.32 Å². The Hall–Kier alpha value is -1.89. The van der Waals surface area contributed by atoms with Crippen molar-refractivity contribution >= 4 is 27.5 Å². The molecule has 2 rings (SSSR count). The summed E-state index contributed by atoms with van der Waals surface area (Å²) >= 11 is 6.08. The second kappa shape index (κ2) is 9.88. The second-order valence-electron chi connectivity index (χ2n) is 6.20. The van der Waals surface area contributed by atoms with Crippen LogP contribution in [-0.2, 0) is 16.6 Å². The number of amides is 1. The van der Waals surface area contributed by atoms with E-state index in [9.17, 15) is 13.2 Å². The zero-order valence-corrected chi connectivity index (χ0v) is 17.2. The molecule has 0 aliphatic carbocycles. The Labute approximate surface area is 166 Å². The number of nitrogens with zero attached hydrogens (tertiary/aromatic N) is 1. The molecule has 146 valence electrons. The molecule has 0 bridgehead atoms. The average molecular weight is 409 g/mol. The first-order valence-corrected chi connectivity index (χ1v) is 10.8. The molecule has 0 fully saturated rings. The Balaban J connectivity index is 2.09. The minimum Gasteiger partial charge on any atom is -0.348 e. The lowest BCUT2D eigenvalue weighted by Crippen LogP contribution is -2.32. The number of hydrogen-bond acceptors (Lipinski definition) is 3. The second-order valence-corrected chi connectivity index (χ2v) is 8.55. The summed E-state index contributed by atoms with van der Waals surface area (Å²) in [4.78, 5) is 12.5. The predicted octanol–water partition coefficient (Wildman–Crippen LogP) is 4.08. The molecule has 2 aromatic rings. The lowest BCUT2D eigenvalue weighted by Gasteiger charge is -2.21. The van der Waals surface area contributed by atoms with Gasteiger partial charge in [-0.1, -0.05) is 43.6 Å². The molecule has 2 aromatic carbocycles. The van der Waals surface area contributed by atoms with E-state index in [-0.39, 0.29) is 10.8 Å². The van der Waals surface area contributed by atoms with Crippen molar-refractivity contribution in [1.82, 2.24) is 9.62 Å². The fourth-order valence-corrected chi connectivity index (χ4v) is 4.52. The molecule has 0 spiro atoms. The molecule has 7 heteroatoms. The molecule has 27 heavy (non-hydrogen) atoms. The van der Waals surface area contributed by atoms with Gasteiger partial charge in [0.1, 0.15) is 0 Å². The van der Waals surface area contributed by atoms with Crippen LogP contribution < -0.4 is 5.32 Å². The maximum atomic E-state index is 12.8. The van der Waals surface area contributed by atoms with Crippen LogP contribution in [-0.4, -0.2) is 31.7 Å². The van der Waals surface area contributed by atoms with Gasteiger partial charge in [0.25, 0.3) is 5.91 Å². The van der Waals surface area contributed by atoms with Gasteiger partial charge in [0.05, 0.1) is 4.90 Å². The summed E-state index contributed by atoms with van der Waals surface area (Å²) in [7, 11) is -3.54. The van der Waals surface area contributed by atoms with E-state index in [0.717, 1.165) is 18.4 Å². The largest absolute Gasteiger partial charge is 0.348 e. The third-order valence-corrected chi connectivity index (χ3v) is 6.38. The van der Waals surface area contributed by atoms with Crippen molar-refractivity contribution in [2.45, 2.75) is 38.1 Å². The first-order valence-electron chi connectivity index (χ1n) is 9.02. The molecule has 0 aliphatic rings. The number of hydrogen-bond donors (Lipinski definition) is 1. The summed E-state index contributed by atoms with van der Waals surface area (Å²) in [5.41, 5.74) is 1.22. The predicted molar refractivity (Wildman–Crippen MR) is 108 cm³/mol. The number of sulfonamides is 1. The molecule has 5 nitrogen and oxygen atoms in total. The SMILES string of the molecule is CCCN(CCC)S(=O)(=O)c1ccc(C(=O)NCc2ccccc2Cl)cc1. The van der Waals surface area contributed by atoms with Crippen LogP contribution in [0.25, 0.3) is 0 Å². The van der Waals surface area contributed by atoms with Crippen LogP contribution in [0, 0.1) is 0 Å². The van der Waals surface area contributed by atoms with Gasteiger partial charge in [-0.3, -0.25) is 4.79 Å². The zero-order valence-electron chi connectivity index (χ0n) is 15.6. The van der Waals surface area contributed by atoms with Gasteiger partial charge in [-0.2, -0.15) is 4.31 Å². The minimum atomic E-state index is -3.54. The van der Waals surface area contributed by atoms with Gasteiger partial charge in [0, 0.05) is 30.2 Å². The van der Waals surface area contributed by atoms with Gasteiger partial charge in [0.15, 0.2) is 0 Å². The number of benzene rings is 2. The fourth-order valence-electron chi connectivity index (χ4n) is 2.70. The van der Waals surface area contributed by atoms with Gasteiger partial charge in [-0.05, 0) is 48.7 Å². The molecule has 0 aliphatic heterocycles. The molecule has 0 unspecified atom stereocenters. The summed E-state index contributed by atoms with van der Waals surface area (Å²) in [5, 5.41) is 3.38. The molecule has 0 saturated carbocycles. The van der Waals surface area contributed by atoms with Crippen molar-refractivity contribution in [1.29, 1.82) is 0 Å². The third kappa shape index (κ3) is 5.54. The van der Waals surface area contributed by atoms with Crippen molar-refractivity contribution in [3.8, 4) is 0 Å². The number of nitrogens with one attached hydrogen (secondary N) is 1. The summed E-state index contributed by atoms with van der Waals surface area (Å²) in [6.45, 7) is 5.17. The third-order valence-electron chi connectivity index (χ3n) is 4.10. The van der Waals surface area contributed by atoms with Crippen molar-refractivity contribution < 1.29 is 13.2 Å². The van der Waals surface area contributed by atoms with E-state index in [1.54, 1.807) is 6.07 Å². The van der Waals surface area contributed by atoms with E-state index in [0.29, 0.717) is 30.2 Å². The van der Waals surface area contributed by atoms with E-state index in [1.807, 2.05) is 32.0 Å². The topological polar surface area (TPSA) is 66.5 Å². The Morgan fingerprint density at radius 3 is 2.15 bits per heavy atom. The first kappa shape index (κ1) is 21.4. The highest BCUT2D eigenvalue weighted by atomic mass is 35.5. The van der Waals surface area contributed by atoms with Crippen LogP contribution in [0.2, 0.25) is 5.02 Å². The highest BCUT2D eigenvalue weighted by molar-refractivity contribution is 7.89. The normalized spacial score (nSPS) is 11.6. The van der Waals surface area contributed by atoms with E-state index in [2.05, 4.69) is 5.32 Å². The van der Waals surface area contributed by atoms with Gasteiger partial charge in [0.2, 0.25) is 10.0 Å². The standard InChI is InChI=1S/C20H25ClN2O3S/c1-3-13-23(14-4-2)27(25,26)18-11-9-16(10-12-18)20(24)22-15-17-7-5-6-8-19(17)21/h5-12H,3-4,13-15H2,1-2H3,(H,22,24). The summed E-state index contributed by atoms with van der Waals surface area (Å²) in [6.07, 6.45) is 1.50. The lowest BCUT2D eigenvalue weighted by atomic mass is 10.2. The van der Waals surface area contributed by atoms with Gasteiger partial charge in [-0.25, -0.2) is 8.42 Å². The van der Waals surface area contributed by atoms with Crippen LogP contribution >= 0.6 is 11.6 Å². The van der Waals surface area contributed by atoms with Crippen molar-refractivity contribution in [3.05, 3.63) is 64.7 Å². The zero-order chi connectivity index (χ0) is 19.9. The number of rotatable bonds is 9. The smallest absolute Gasteiger partial charge is 0.251 e. The molecule has 1 amide bonds. The highest BCUT2D eigenvalue weighted by Gasteiger charge is 2.23. The first-order chi connectivity index (χ1) is 12.9. The number of carbonyl (C=O) groups is 1. The Kier molecular flexibility index (Phi) is 7.83. The molecule has 0 radical (unpaired) electrons. The summed E-state index contributed by atoms with van der Waals surface area (Å²) < 4.78 is 27.0. The quantitative estimate of drug-likeness (QED) is 0.679. The molecule has 0 atom stereocenters. The Morgan fingerprint density at radius 1 is 1.00 bits per heavy atom. The summed E-state index contributed by atoms with van der Waals surface area (Å²) in [5.74, 6) is -0.280. The highest BCUT2D eigenvalue weighted by Crippen LogP contribution is 2.18. The molecule has 0 aromatic heterocycles. The Morgan fingerprint density at radius 2 is 1.59 bits per heavy atom. The van der Waals surface area contributed by atoms with Crippen molar-refractivity contribution in [2.75, 3.05) is 13.1 Å². The van der Waals surface area contributed by atoms with Crippen molar-refractivity contribution in [2.24, 2.45) is 0 Å². The van der Waals surface area contributed by atoms with Crippen LogP contribution in [0.5, 0.6) is 0 Å². The maximum Gasteiger partial charge on any atom is 0.251 e. The average Bonchev–Trinajstić information content (AvgIpc) is 2.67. The number of halogens is 1. The lowest BCUT2D eigenvalue weighted by molar-refractivity contribution is 0.0951. The number of carbonyl (C=O) groups excluding carboxylic acids is 1. The molecule has 0 saturated heterocycles. The van der Waals surface area contributed by atoms with Crippen LogP contribution in [0.4, 0.5) is 0 Å². The monoisotopic (exact) mass is 408 g/mol. The van der Waals surface area contributed by atoms with Crippen LogP contribution in [0.3, 0.4) is 0 Å². The molecular formula is C20H25ClN2O3S. The Bertz CT molecular complexity index is 861. The molecular weight excluding hydrogens is 384 g/mol. The van der Waals surface area contributed by atoms with Gasteiger partial charge in [-0.15, -0.1) is 0 Å². The van der Waals surface area contributed by atoms with E-state index < -0.39 is 10.0 Å². The van der Waals surface area contributed by atoms with Crippen molar-refractivity contribution in [3.63, 3.8) is 0 Å². The van der Waals surface area contributed by atoms with E-state index >= 15 is 0 Å². The molecule has 1 N–H and O–H groups in total.